The molecule has 0 saturated carbocycles. The number of hydrogen-bond donors (Lipinski definition) is 2. The second kappa shape index (κ2) is 9.97. The van der Waals surface area contributed by atoms with Crippen molar-refractivity contribution in [2.75, 3.05) is 0 Å². The number of carbonyl (C=O) groups is 2. The molecule has 0 aliphatic rings. The zero-order chi connectivity index (χ0) is 23.4. The highest BCUT2D eigenvalue weighted by molar-refractivity contribution is 7.17. The lowest BCUT2D eigenvalue weighted by molar-refractivity contribution is -0.122. The van der Waals surface area contributed by atoms with Crippen LogP contribution in [0.25, 0.3) is 10.2 Å². The van der Waals surface area contributed by atoms with Gasteiger partial charge in [-0.1, -0.05) is 35.9 Å². The molecule has 0 spiro atoms. The number of hydrogen-bond acceptors (Lipinski definition) is 6. The van der Waals surface area contributed by atoms with E-state index < -0.39 is 23.7 Å². The zero-order valence-corrected chi connectivity index (χ0v) is 19.5. The molecule has 0 atom stereocenters. The lowest BCUT2D eigenvalue weighted by Gasteiger charge is -2.12. The summed E-state index contributed by atoms with van der Waals surface area (Å²) >= 11 is 2.67. The van der Waals surface area contributed by atoms with Crippen LogP contribution in [0, 0.1) is 6.92 Å². The summed E-state index contributed by atoms with van der Waals surface area (Å²) in [5.74, 6) is -0.814. The van der Waals surface area contributed by atoms with Crippen molar-refractivity contribution in [1.82, 2.24) is 19.8 Å². The van der Waals surface area contributed by atoms with E-state index in [4.69, 9.17) is 0 Å². The SMILES string of the molecule is Cc1ccc(CNC(=O)Cn2c(=O)n(CC(=O)NCc3cccs3)c(=O)c3sccc32)cc1. The Balaban J connectivity index is 1.52. The van der Waals surface area contributed by atoms with Gasteiger partial charge in [-0.05, 0) is 35.4 Å². The van der Waals surface area contributed by atoms with Crippen LogP contribution >= 0.6 is 22.7 Å². The van der Waals surface area contributed by atoms with Gasteiger partial charge in [0.2, 0.25) is 11.8 Å². The van der Waals surface area contributed by atoms with Crippen LogP contribution in [0.3, 0.4) is 0 Å². The van der Waals surface area contributed by atoms with Gasteiger partial charge in [0.15, 0.2) is 0 Å². The van der Waals surface area contributed by atoms with E-state index in [1.807, 2.05) is 48.7 Å². The summed E-state index contributed by atoms with van der Waals surface area (Å²) in [6.07, 6.45) is 0. The Hall–Kier alpha value is -3.50. The summed E-state index contributed by atoms with van der Waals surface area (Å²) in [6.45, 7) is 1.96. The zero-order valence-electron chi connectivity index (χ0n) is 17.9. The van der Waals surface area contributed by atoms with E-state index in [0.29, 0.717) is 23.3 Å². The second-order valence-corrected chi connectivity index (χ2v) is 9.46. The number of thiophene rings is 2. The average molecular weight is 483 g/mol. The number of nitrogens with one attached hydrogen (secondary N) is 2. The lowest BCUT2D eigenvalue weighted by atomic mass is 10.1. The molecule has 0 fully saturated rings. The molecule has 1 aromatic carbocycles. The first-order valence-electron chi connectivity index (χ1n) is 10.2. The highest BCUT2D eigenvalue weighted by atomic mass is 32.1. The van der Waals surface area contributed by atoms with Crippen molar-refractivity contribution in [3.63, 3.8) is 0 Å². The van der Waals surface area contributed by atoms with Crippen molar-refractivity contribution < 1.29 is 9.59 Å². The van der Waals surface area contributed by atoms with Crippen LogP contribution in [0.15, 0.2) is 62.8 Å². The Bertz CT molecular complexity index is 1400. The predicted octanol–water partition coefficient (Wildman–Crippen LogP) is 2.23. The van der Waals surface area contributed by atoms with Crippen molar-refractivity contribution in [3.05, 3.63) is 90.1 Å². The number of aryl methyl sites for hydroxylation is 1. The number of nitrogens with zero attached hydrogens (tertiary/aromatic N) is 2. The highest BCUT2D eigenvalue weighted by Gasteiger charge is 2.18. The topological polar surface area (TPSA) is 102 Å². The first kappa shape index (κ1) is 22.7. The van der Waals surface area contributed by atoms with Crippen molar-refractivity contribution in [3.8, 4) is 0 Å². The quantitative estimate of drug-likeness (QED) is 0.402. The molecular formula is C23H22N4O4S2. The van der Waals surface area contributed by atoms with E-state index >= 15 is 0 Å². The van der Waals surface area contributed by atoms with Crippen LogP contribution in [-0.2, 0) is 35.8 Å². The number of rotatable bonds is 8. The summed E-state index contributed by atoms with van der Waals surface area (Å²) in [4.78, 5) is 51.9. The van der Waals surface area contributed by atoms with Crippen LogP contribution in [0.1, 0.15) is 16.0 Å². The second-order valence-electron chi connectivity index (χ2n) is 7.51. The third kappa shape index (κ3) is 5.29. The van der Waals surface area contributed by atoms with Gasteiger partial charge in [0.1, 0.15) is 17.8 Å². The minimum absolute atomic E-state index is 0.255. The molecule has 0 aliphatic carbocycles. The van der Waals surface area contributed by atoms with Gasteiger partial charge in [-0.3, -0.25) is 19.0 Å². The fraction of sp³-hybridized carbons (Fsp3) is 0.217. The molecule has 4 rings (SSSR count). The Labute approximate surface area is 197 Å². The largest absolute Gasteiger partial charge is 0.350 e. The molecule has 0 unspecified atom stereocenters. The van der Waals surface area contributed by atoms with E-state index in [-0.39, 0.29) is 12.5 Å². The maximum absolute atomic E-state index is 13.1. The van der Waals surface area contributed by atoms with Gasteiger partial charge in [0.25, 0.3) is 5.56 Å². The smallest absolute Gasteiger partial charge is 0.332 e. The summed E-state index contributed by atoms with van der Waals surface area (Å²) in [5, 5.41) is 9.11. The van der Waals surface area contributed by atoms with Gasteiger partial charge in [-0.25, -0.2) is 9.36 Å². The number of fused-ring (bicyclic) bond motifs is 1. The Morgan fingerprint density at radius 3 is 2.24 bits per heavy atom. The number of carbonyl (C=O) groups excluding carboxylic acids is 2. The summed E-state index contributed by atoms with van der Waals surface area (Å²) in [5.41, 5.74) is 1.22. The van der Waals surface area contributed by atoms with Gasteiger partial charge in [-0.15, -0.1) is 22.7 Å². The fourth-order valence-corrected chi connectivity index (χ4v) is 4.82. The molecular weight excluding hydrogens is 460 g/mol. The minimum atomic E-state index is -0.692. The van der Waals surface area contributed by atoms with Gasteiger partial charge in [0.05, 0.1) is 12.1 Å². The number of benzene rings is 1. The Morgan fingerprint density at radius 1 is 0.848 bits per heavy atom. The predicted molar refractivity (Wildman–Crippen MR) is 130 cm³/mol. The minimum Gasteiger partial charge on any atom is -0.350 e. The van der Waals surface area contributed by atoms with Crippen LogP contribution < -0.4 is 21.9 Å². The monoisotopic (exact) mass is 482 g/mol. The average Bonchev–Trinajstić information content (AvgIpc) is 3.50. The van der Waals surface area contributed by atoms with E-state index in [1.54, 1.807) is 11.4 Å². The third-order valence-corrected chi connectivity index (χ3v) is 6.86. The van der Waals surface area contributed by atoms with Crippen LogP contribution in [0.5, 0.6) is 0 Å². The van der Waals surface area contributed by atoms with Crippen molar-refractivity contribution in [1.29, 1.82) is 0 Å². The molecule has 2 amide bonds. The Morgan fingerprint density at radius 2 is 1.55 bits per heavy atom. The van der Waals surface area contributed by atoms with Gasteiger partial charge in [-0.2, -0.15) is 0 Å². The molecule has 8 nitrogen and oxygen atoms in total. The number of aromatic nitrogens is 2. The molecule has 0 saturated heterocycles. The van der Waals surface area contributed by atoms with E-state index in [2.05, 4.69) is 10.6 Å². The summed E-state index contributed by atoms with van der Waals surface area (Å²) < 4.78 is 2.45. The van der Waals surface area contributed by atoms with Crippen LogP contribution in [-0.4, -0.2) is 20.9 Å². The van der Waals surface area contributed by atoms with Crippen molar-refractivity contribution in [2.24, 2.45) is 0 Å². The molecule has 33 heavy (non-hydrogen) atoms. The third-order valence-electron chi connectivity index (χ3n) is 5.09. The molecule has 10 heteroatoms. The first-order valence-corrected chi connectivity index (χ1v) is 12.0. The molecule has 0 bridgehead atoms. The van der Waals surface area contributed by atoms with E-state index in [0.717, 1.165) is 20.6 Å². The number of amides is 2. The summed E-state index contributed by atoms with van der Waals surface area (Å²) in [6, 6.07) is 13.2. The Kier molecular flexibility index (Phi) is 6.85. The molecule has 3 heterocycles. The molecule has 170 valence electrons. The first-order chi connectivity index (χ1) is 15.9. The lowest BCUT2D eigenvalue weighted by Crippen LogP contribution is -2.45. The standard InChI is InChI=1S/C23H22N4O4S2/c1-15-4-6-16(7-5-15)11-24-19(28)13-26-18-8-10-33-21(18)22(30)27(23(26)31)14-20(29)25-12-17-3-2-9-32-17/h2-10H,11-14H2,1H3,(H,24,28)(H,25,29). The highest BCUT2D eigenvalue weighted by Crippen LogP contribution is 2.15. The van der Waals surface area contributed by atoms with Crippen LogP contribution in [0.4, 0.5) is 0 Å². The van der Waals surface area contributed by atoms with Gasteiger partial charge in [0, 0.05) is 11.4 Å². The maximum atomic E-state index is 13.1. The molecule has 0 aliphatic heterocycles. The molecule has 0 radical (unpaired) electrons. The van der Waals surface area contributed by atoms with E-state index in [9.17, 15) is 19.2 Å². The van der Waals surface area contributed by atoms with Gasteiger partial charge >= 0.3 is 5.69 Å². The molecule has 2 N–H and O–H groups in total. The fourth-order valence-electron chi connectivity index (χ4n) is 3.33. The van der Waals surface area contributed by atoms with Crippen molar-refractivity contribution in [2.45, 2.75) is 33.1 Å². The molecule has 4 aromatic rings. The normalized spacial score (nSPS) is 10.9. The summed E-state index contributed by atoms with van der Waals surface area (Å²) in [7, 11) is 0. The maximum Gasteiger partial charge on any atom is 0.332 e. The van der Waals surface area contributed by atoms with E-state index in [1.165, 1.54) is 27.2 Å². The van der Waals surface area contributed by atoms with Crippen molar-refractivity contribution >= 4 is 44.7 Å². The van der Waals surface area contributed by atoms with Crippen LogP contribution in [0.2, 0.25) is 0 Å². The molecule has 3 aromatic heterocycles. The van der Waals surface area contributed by atoms with Gasteiger partial charge < -0.3 is 10.6 Å².